The number of rotatable bonds is 3. The lowest BCUT2D eigenvalue weighted by Crippen LogP contribution is -2.14. The number of imidazole rings is 1. The highest BCUT2D eigenvalue weighted by atomic mass is 19.1. The van der Waals surface area contributed by atoms with Gasteiger partial charge in [-0.3, -0.25) is 9.20 Å². The molecule has 0 saturated carbocycles. The van der Waals surface area contributed by atoms with Crippen LogP contribution in [0.15, 0.2) is 72.9 Å². The molecule has 128 valence electrons. The van der Waals surface area contributed by atoms with Crippen molar-refractivity contribution >= 4 is 17.4 Å². The van der Waals surface area contributed by atoms with Crippen LogP contribution in [0.4, 0.5) is 10.2 Å². The number of aromatic nitrogens is 2. The minimum Gasteiger partial charge on any atom is -0.306 e. The molecule has 4 aromatic rings. The third-order valence-electron chi connectivity index (χ3n) is 4.17. The molecule has 0 radical (unpaired) electrons. The minimum absolute atomic E-state index is 0.255. The fourth-order valence-electron chi connectivity index (χ4n) is 2.84. The lowest BCUT2D eigenvalue weighted by atomic mass is 10.1. The first kappa shape index (κ1) is 16.0. The predicted octanol–water partition coefficient (Wildman–Crippen LogP) is 4.70. The van der Waals surface area contributed by atoms with Gasteiger partial charge in [-0.2, -0.15) is 0 Å². The molecular weight excluding hydrogens is 329 g/mol. The second kappa shape index (κ2) is 6.44. The van der Waals surface area contributed by atoms with Crippen LogP contribution in [0.5, 0.6) is 0 Å². The Hall–Kier alpha value is -3.47. The van der Waals surface area contributed by atoms with E-state index in [2.05, 4.69) is 10.3 Å². The van der Waals surface area contributed by atoms with Crippen LogP contribution in [0.25, 0.3) is 16.9 Å². The largest absolute Gasteiger partial charge is 0.306 e. The number of carbonyl (C=O) groups excluding carboxylic acids is 1. The van der Waals surface area contributed by atoms with Crippen LogP contribution in [0.2, 0.25) is 0 Å². The topological polar surface area (TPSA) is 46.4 Å². The highest BCUT2D eigenvalue weighted by Gasteiger charge is 2.17. The van der Waals surface area contributed by atoms with Gasteiger partial charge in [0.25, 0.3) is 5.91 Å². The number of halogens is 1. The van der Waals surface area contributed by atoms with Crippen LogP contribution < -0.4 is 5.32 Å². The first-order valence-electron chi connectivity index (χ1n) is 8.23. The molecule has 2 heterocycles. The highest BCUT2D eigenvalue weighted by Crippen LogP contribution is 2.29. The van der Waals surface area contributed by atoms with Gasteiger partial charge < -0.3 is 5.32 Å². The van der Waals surface area contributed by atoms with Crippen LogP contribution >= 0.6 is 0 Å². The third-order valence-corrected chi connectivity index (χ3v) is 4.17. The van der Waals surface area contributed by atoms with Gasteiger partial charge in [-0.15, -0.1) is 0 Å². The molecule has 5 heteroatoms. The first-order chi connectivity index (χ1) is 12.6. The zero-order valence-electron chi connectivity index (χ0n) is 14.1. The molecule has 0 bridgehead atoms. The number of hydrogen-bond acceptors (Lipinski definition) is 2. The van der Waals surface area contributed by atoms with Crippen molar-refractivity contribution in [1.82, 2.24) is 9.38 Å². The van der Waals surface area contributed by atoms with Crippen molar-refractivity contribution in [3.63, 3.8) is 0 Å². The van der Waals surface area contributed by atoms with Gasteiger partial charge in [0.15, 0.2) is 0 Å². The van der Waals surface area contributed by atoms with Crippen molar-refractivity contribution < 1.29 is 9.18 Å². The number of anilines is 1. The summed E-state index contributed by atoms with van der Waals surface area (Å²) in [5.41, 5.74) is 3.68. The van der Waals surface area contributed by atoms with Gasteiger partial charge in [0.05, 0.1) is 0 Å². The number of pyridine rings is 1. The summed E-state index contributed by atoms with van der Waals surface area (Å²) in [6.45, 7) is 2.01. The summed E-state index contributed by atoms with van der Waals surface area (Å²) in [6, 6.07) is 19.2. The number of aryl methyl sites for hydroxylation is 1. The highest BCUT2D eigenvalue weighted by molar-refractivity contribution is 6.05. The predicted molar refractivity (Wildman–Crippen MR) is 99.7 cm³/mol. The van der Waals surface area contributed by atoms with Gasteiger partial charge in [0.2, 0.25) is 0 Å². The summed E-state index contributed by atoms with van der Waals surface area (Å²) in [5, 5.41) is 2.89. The number of nitrogens with one attached hydrogen (secondary N) is 1. The molecule has 0 saturated heterocycles. The monoisotopic (exact) mass is 345 g/mol. The van der Waals surface area contributed by atoms with Gasteiger partial charge in [-0.05, 0) is 37.3 Å². The molecule has 4 rings (SSSR count). The molecule has 2 aromatic carbocycles. The Morgan fingerprint density at radius 3 is 2.62 bits per heavy atom. The minimum atomic E-state index is -0.449. The van der Waals surface area contributed by atoms with E-state index in [-0.39, 0.29) is 11.5 Å². The molecule has 2 aromatic heterocycles. The van der Waals surface area contributed by atoms with Crippen LogP contribution in [0.3, 0.4) is 0 Å². The van der Waals surface area contributed by atoms with Crippen molar-refractivity contribution in [1.29, 1.82) is 0 Å². The summed E-state index contributed by atoms with van der Waals surface area (Å²) < 4.78 is 15.3. The standard InChI is InChI=1S/C21H16FN3O/c1-14-8-10-15(11-9-14)19-20(25-12-3-2-7-18(25)23-19)24-21(26)16-5-4-6-17(22)13-16/h2-13H,1H3,(H,24,26). The van der Waals surface area contributed by atoms with E-state index in [1.54, 1.807) is 6.07 Å². The van der Waals surface area contributed by atoms with Crippen molar-refractivity contribution in [2.24, 2.45) is 0 Å². The first-order valence-corrected chi connectivity index (χ1v) is 8.23. The van der Waals surface area contributed by atoms with Crippen LogP contribution in [0.1, 0.15) is 15.9 Å². The quantitative estimate of drug-likeness (QED) is 0.585. The fourth-order valence-corrected chi connectivity index (χ4v) is 2.84. The Morgan fingerprint density at radius 1 is 1.04 bits per heavy atom. The van der Waals surface area contributed by atoms with Crippen molar-refractivity contribution in [2.45, 2.75) is 6.92 Å². The molecule has 0 spiro atoms. The summed E-state index contributed by atoms with van der Waals surface area (Å²) in [7, 11) is 0. The van der Waals surface area contributed by atoms with E-state index in [1.807, 2.05) is 60.0 Å². The zero-order valence-corrected chi connectivity index (χ0v) is 14.1. The molecular formula is C21H16FN3O. The SMILES string of the molecule is Cc1ccc(-c2nc3ccccn3c2NC(=O)c2cccc(F)c2)cc1. The van der Waals surface area contributed by atoms with Gasteiger partial charge in [-0.1, -0.05) is 42.0 Å². The summed E-state index contributed by atoms with van der Waals surface area (Å²) in [6.07, 6.45) is 1.83. The Balaban J connectivity index is 1.81. The second-order valence-electron chi connectivity index (χ2n) is 6.07. The van der Waals surface area contributed by atoms with E-state index < -0.39 is 5.82 Å². The van der Waals surface area contributed by atoms with Gasteiger partial charge >= 0.3 is 0 Å². The molecule has 0 aliphatic carbocycles. The molecule has 0 unspecified atom stereocenters. The molecule has 0 aliphatic rings. The Kier molecular flexibility index (Phi) is 3.97. The van der Waals surface area contributed by atoms with Gasteiger partial charge in [0, 0.05) is 17.3 Å². The summed E-state index contributed by atoms with van der Waals surface area (Å²) >= 11 is 0. The van der Waals surface area contributed by atoms with E-state index in [0.717, 1.165) is 16.8 Å². The normalized spacial score (nSPS) is 10.8. The fraction of sp³-hybridized carbons (Fsp3) is 0.0476. The van der Waals surface area contributed by atoms with Crippen molar-refractivity contribution in [3.8, 4) is 11.3 Å². The Labute approximate surface area is 149 Å². The molecule has 4 nitrogen and oxygen atoms in total. The van der Waals surface area contributed by atoms with Crippen LogP contribution in [-0.2, 0) is 0 Å². The number of nitrogens with zero attached hydrogens (tertiary/aromatic N) is 2. The molecule has 0 aliphatic heterocycles. The van der Waals surface area contributed by atoms with Crippen LogP contribution in [-0.4, -0.2) is 15.3 Å². The number of benzene rings is 2. The number of amides is 1. The number of fused-ring (bicyclic) bond motifs is 1. The second-order valence-corrected chi connectivity index (χ2v) is 6.07. The lowest BCUT2D eigenvalue weighted by Gasteiger charge is -2.08. The van der Waals surface area contributed by atoms with Crippen molar-refractivity contribution in [2.75, 3.05) is 5.32 Å². The number of carbonyl (C=O) groups is 1. The summed E-state index contributed by atoms with van der Waals surface area (Å²) in [4.78, 5) is 17.3. The summed E-state index contributed by atoms with van der Waals surface area (Å²) in [5.74, 6) is -0.281. The maximum Gasteiger partial charge on any atom is 0.256 e. The van der Waals surface area contributed by atoms with E-state index in [1.165, 1.54) is 18.2 Å². The Morgan fingerprint density at radius 2 is 1.85 bits per heavy atom. The molecule has 1 amide bonds. The van der Waals surface area contributed by atoms with Gasteiger partial charge in [-0.25, -0.2) is 9.37 Å². The molecule has 26 heavy (non-hydrogen) atoms. The lowest BCUT2D eigenvalue weighted by molar-refractivity contribution is 0.102. The maximum atomic E-state index is 13.4. The molecule has 1 N–H and O–H groups in total. The van der Waals surface area contributed by atoms with E-state index >= 15 is 0 Å². The average molecular weight is 345 g/mol. The smallest absolute Gasteiger partial charge is 0.256 e. The average Bonchev–Trinajstić information content (AvgIpc) is 3.01. The van der Waals surface area contributed by atoms with Crippen molar-refractivity contribution in [3.05, 3.63) is 89.9 Å². The van der Waals surface area contributed by atoms with Gasteiger partial charge in [0.1, 0.15) is 23.0 Å². The third kappa shape index (κ3) is 2.95. The molecule has 0 atom stereocenters. The Bertz CT molecular complexity index is 1100. The maximum absolute atomic E-state index is 13.4. The zero-order chi connectivity index (χ0) is 18.1. The number of hydrogen-bond donors (Lipinski definition) is 1. The van der Waals surface area contributed by atoms with Crippen LogP contribution in [0, 0.1) is 12.7 Å². The van der Waals surface area contributed by atoms with E-state index in [4.69, 9.17) is 0 Å². The van der Waals surface area contributed by atoms with E-state index in [9.17, 15) is 9.18 Å². The van der Waals surface area contributed by atoms with E-state index in [0.29, 0.717) is 11.5 Å². The molecule has 0 fully saturated rings.